The summed E-state index contributed by atoms with van der Waals surface area (Å²) < 4.78 is 7.36. The van der Waals surface area contributed by atoms with Gasteiger partial charge in [0, 0.05) is 35.9 Å². The number of carbonyl (C=O) groups is 3. The van der Waals surface area contributed by atoms with Gasteiger partial charge in [-0.1, -0.05) is 12.1 Å². The molecule has 0 aliphatic carbocycles. The van der Waals surface area contributed by atoms with E-state index in [2.05, 4.69) is 5.32 Å². The van der Waals surface area contributed by atoms with Gasteiger partial charge in [0.15, 0.2) is 12.9 Å². The zero-order chi connectivity index (χ0) is 21.5. The summed E-state index contributed by atoms with van der Waals surface area (Å²) >= 11 is 0. The van der Waals surface area contributed by atoms with Crippen LogP contribution in [0.5, 0.6) is 5.75 Å². The highest BCUT2D eigenvalue weighted by atomic mass is 16.5. The van der Waals surface area contributed by atoms with Gasteiger partial charge in [0.2, 0.25) is 5.91 Å². The summed E-state index contributed by atoms with van der Waals surface area (Å²) in [4.78, 5) is 37.4. The van der Waals surface area contributed by atoms with E-state index < -0.39 is 0 Å². The molecule has 0 radical (unpaired) electrons. The van der Waals surface area contributed by atoms with Crippen LogP contribution in [0.3, 0.4) is 0 Å². The molecule has 0 saturated carbocycles. The summed E-state index contributed by atoms with van der Waals surface area (Å²) in [5, 5.41) is 3.72. The molecule has 7 heteroatoms. The molecule has 0 spiro atoms. The van der Waals surface area contributed by atoms with Crippen LogP contribution in [0.4, 0.5) is 5.69 Å². The number of fused-ring (bicyclic) bond motifs is 1. The number of nitrogens with one attached hydrogen (secondary N) is 1. The van der Waals surface area contributed by atoms with Gasteiger partial charge in [-0.3, -0.25) is 14.4 Å². The van der Waals surface area contributed by atoms with Gasteiger partial charge in [-0.2, -0.15) is 0 Å². The monoisotopic (exact) mass is 407 g/mol. The smallest absolute Gasteiger partial charge is 0.262 e. The number of hydrogen-bond acceptors (Lipinski definition) is 4. The Bertz CT molecular complexity index is 1050. The molecule has 0 bridgehead atoms. The highest BCUT2D eigenvalue weighted by molar-refractivity contribution is 5.95. The third-order valence-electron chi connectivity index (χ3n) is 4.88. The summed E-state index contributed by atoms with van der Waals surface area (Å²) in [6.07, 6.45) is 2.56. The number of benzene rings is 2. The minimum atomic E-state index is -0.328. The van der Waals surface area contributed by atoms with Crippen molar-refractivity contribution in [1.29, 1.82) is 0 Å². The van der Waals surface area contributed by atoms with Crippen LogP contribution < -0.4 is 10.1 Å². The number of amides is 2. The van der Waals surface area contributed by atoms with E-state index in [1.165, 1.54) is 0 Å². The second kappa shape index (κ2) is 9.73. The Hall–Kier alpha value is -3.61. The van der Waals surface area contributed by atoms with Crippen molar-refractivity contribution in [3.05, 3.63) is 60.3 Å². The van der Waals surface area contributed by atoms with Gasteiger partial charge in [-0.25, -0.2) is 0 Å². The molecule has 0 aliphatic heterocycles. The van der Waals surface area contributed by atoms with Crippen LogP contribution in [-0.2, 0) is 16.1 Å². The Kier molecular flexibility index (Phi) is 6.85. The number of carbonyl (C=O) groups excluding carboxylic acids is 3. The number of para-hydroxylation sites is 1. The van der Waals surface area contributed by atoms with Crippen LogP contribution in [0.1, 0.15) is 24.2 Å². The first-order valence-corrected chi connectivity index (χ1v) is 9.89. The number of likely N-dealkylation sites (N-methyl/N-ethyl adjacent to an activating group) is 1. The van der Waals surface area contributed by atoms with E-state index in [9.17, 15) is 14.4 Å². The lowest BCUT2D eigenvalue weighted by Gasteiger charge is -2.19. The van der Waals surface area contributed by atoms with Crippen molar-refractivity contribution < 1.29 is 19.1 Å². The van der Waals surface area contributed by atoms with E-state index in [-0.39, 0.29) is 25.0 Å². The zero-order valence-corrected chi connectivity index (χ0v) is 17.1. The predicted octanol–water partition coefficient (Wildman–Crippen LogP) is 3.34. The van der Waals surface area contributed by atoms with Crippen LogP contribution in [0.2, 0.25) is 0 Å². The molecular weight excluding hydrogens is 382 g/mol. The molecule has 2 amide bonds. The second-order valence-electron chi connectivity index (χ2n) is 6.78. The number of hydrogen-bond donors (Lipinski definition) is 1. The second-order valence-corrected chi connectivity index (χ2v) is 6.78. The van der Waals surface area contributed by atoms with E-state index in [1.54, 1.807) is 35.2 Å². The molecule has 30 heavy (non-hydrogen) atoms. The highest BCUT2D eigenvalue weighted by Gasteiger charge is 2.12. The highest BCUT2D eigenvalue weighted by Crippen LogP contribution is 2.21. The quantitative estimate of drug-likeness (QED) is 0.552. The summed E-state index contributed by atoms with van der Waals surface area (Å²) in [5.74, 6) is 0.113. The fraction of sp³-hybridized carbons (Fsp3) is 0.261. The standard InChI is InChI=1S/C23H25N3O4/c1-3-25(4-2)23(29)14-26-12-11-17-13-19(9-10-20(17)26)24-22(28)16-30-21-8-6-5-7-18(21)15-27/h5-13,15H,3-4,14,16H2,1-2H3,(H,24,28). The average molecular weight is 407 g/mol. The van der Waals surface area contributed by atoms with E-state index in [1.807, 2.05) is 42.8 Å². The molecule has 1 aromatic heterocycles. The first kappa shape index (κ1) is 21.1. The topological polar surface area (TPSA) is 80.6 Å². The SMILES string of the molecule is CCN(CC)C(=O)Cn1ccc2cc(NC(=O)COc3ccccc3C=O)ccc21. The Morgan fingerprint density at radius 1 is 1.10 bits per heavy atom. The number of rotatable bonds is 9. The maximum atomic E-state index is 12.4. The van der Waals surface area contributed by atoms with E-state index >= 15 is 0 Å². The number of aldehydes is 1. The molecule has 3 aromatic rings. The Labute approximate surface area is 175 Å². The summed E-state index contributed by atoms with van der Waals surface area (Å²) in [6.45, 7) is 5.37. The number of anilines is 1. The lowest BCUT2D eigenvalue weighted by Crippen LogP contribution is -2.33. The molecule has 3 rings (SSSR count). The number of ether oxygens (including phenoxy) is 1. The van der Waals surface area contributed by atoms with Crippen molar-refractivity contribution >= 4 is 34.7 Å². The van der Waals surface area contributed by atoms with Crippen molar-refractivity contribution in [3.63, 3.8) is 0 Å². The average Bonchev–Trinajstić information content (AvgIpc) is 3.15. The largest absolute Gasteiger partial charge is 0.483 e. The maximum absolute atomic E-state index is 12.4. The van der Waals surface area contributed by atoms with Gasteiger partial charge >= 0.3 is 0 Å². The van der Waals surface area contributed by atoms with Crippen molar-refractivity contribution in [2.45, 2.75) is 20.4 Å². The van der Waals surface area contributed by atoms with Crippen LogP contribution in [0.25, 0.3) is 10.9 Å². The summed E-state index contributed by atoms with van der Waals surface area (Å²) in [6, 6.07) is 14.2. The van der Waals surface area contributed by atoms with Gasteiger partial charge in [0.05, 0.1) is 5.56 Å². The molecule has 2 aromatic carbocycles. The van der Waals surface area contributed by atoms with Gasteiger partial charge in [-0.05, 0) is 50.2 Å². The van der Waals surface area contributed by atoms with Gasteiger partial charge in [0.25, 0.3) is 5.91 Å². The lowest BCUT2D eigenvalue weighted by atomic mass is 10.2. The summed E-state index contributed by atoms with van der Waals surface area (Å²) in [7, 11) is 0. The Balaban J connectivity index is 1.64. The van der Waals surface area contributed by atoms with Crippen LogP contribution in [0, 0.1) is 0 Å². The molecule has 1 heterocycles. The lowest BCUT2D eigenvalue weighted by molar-refractivity contribution is -0.131. The van der Waals surface area contributed by atoms with Crippen LogP contribution in [0.15, 0.2) is 54.7 Å². The molecule has 1 N–H and O–H groups in total. The Morgan fingerprint density at radius 2 is 1.87 bits per heavy atom. The third kappa shape index (κ3) is 4.86. The maximum Gasteiger partial charge on any atom is 0.262 e. The molecule has 0 fully saturated rings. The minimum Gasteiger partial charge on any atom is -0.483 e. The van der Waals surface area contributed by atoms with Crippen molar-refractivity contribution in [2.75, 3.05) is 25.0 Å². The van der Waals surface area contributed by atoms with Crippen molar-refractivity contribution in [3.8, 4) is 5.75 Å². The molecule has 0 unspecified atom stereocenters. The van der Waals surface area contributed by atoms with E-state index in [0.29, 0.717) is 36.4 Å². The molecule has 7 nitrogen and oxygen atoms in total. The Morgan fingerprint density at radius 3 is 2.60 bits per heavy atom. The van der Waals surface area contributed by atoms with E-state index in [0.717, 1.165) is 10.9 Å². The summed E-state index contributed by atoms with van der Waals surface area (Å²) in [5.41, 5.74) is 1.95. The normalized spacial score (nSPS) is 10.6. The molecule has 156 valence electrons. The molecule has 0 atom stereocenters. The fourth-order valence-corrected chi connectivity index (χ4v) is 3.29. The van der Waals surface area contributed by atoms with Crippen LogP contribution >= 0.6 is 0 Å². The number of nitrogens with zero attached hydrogens (tertiary/aromatic N) is 2. The number of aromatic nitrogens is 1. The van der Waals surface area contributed by atoms with Gasteiger partial charge in [-0.15, -0.1) is 0 Å². The molecule has 0 saturated heterocycles. The first-order valence-electron chi connectivity index (χ1n) is 9.89. The first-order chi connectivity index (χ1) is 14.5. The van der Waals surface area contributed by atoms with Gasteiger partial charge < -0.3 is 19.5 Å². The van der Waals surface area contributed by atoms with Crippen LogP contribution in [-0.4, -0.2) is 47.3 Å². The zero-order valence-electron chi connectivity index (χ0n) is 17.1. The third-order valence-corrected chi connectivity index (χ3v) is 4.88. The molecular formula is C23H25N3O4. The molecule has 0 aliphatic rings. The van der Waals surface area contributed by atoms with Gasteiger partial charge in [0.1, 0.15) is 12.3 Å². The minimum absolute atomic E-state index is 0.0719. The predicted molar refractivity (Wildman–Crippen MR) is 116 cm³/mol. The van der Waals surface area contributed by atoms with Crippen molar-refractivity contribution in [2.24, 2.45) is 0 Å². The van der Waals surface area contributed by atoms with Crippen molar-refractivity contribution in [1.82, 2.24) is 9.47 Å². The fourth-order valence-electron chi connectivity index (χ4n) is 3.29. The van der Waals surface area contributed by atoms with E-state index in [4.69, 9.17) is 4.74 Å².